The Morgan fingerprint density at radius 1 is 1.15 bits per heavy atom. The van der Waals surface area contributed by atoms with Crippen LogP contribution in [0.1, 0.15) is 59.8 Å². The molecule has 1 aliphatic carbocycles. The van der Waals surface area contributed by atoms with Crippen molar-refractivity contribution in [3.8, 4) is 0 Å². The average Bonchev–Trinajstić information content (AvgIpc) is 2.57. The largest absolute Gasteiger partial charge is 0.477 e. The number of H-pyrrole nitrogens is 1. The number of carboxylic acid groups (broad SMARTS) is 1. The van der Waals surface area contributed by atoms with Crippen molar-refractivity contribution in [1.82, 2.24) is 10.3 Å². The first kappa shape index (κ1) is 14.6. The standard InChI is InChI=1S/C15H22N2O3/c1-7-9(8(2)16-10(7)12(19)20)11(18)17-13-14(3,4)15(13,5)6/h13,16H,1-6H3,(H,17,18)(H,19,20). The van der Waals surface area contributed by atoms with Crippen LogP contribution in [-0.4, -0.2) is 28.0 Å². The number of hydrogen-bond donors (Lipinski definition) is 3. The van der Waals surface area contributed by atoms with Crippen LogP contribution in [0.25, 0.3) is 0 Å². The van der Waals surface area contributed by atoms with E-state index in [4.69, 9.17) is 5.11 Å². The summed E-state index contributed by atoms with van der Waals surface area (Å²) >= 11 is 0. The highest BCUT2D eigenvalue weighted by Gasteiger charge is 2.65. The van der Waals surface area contributed by atoms with E-state index >= 15 is 0 Å². The van der Waals surface area contributed by atoms with E-state index in [-0.39, 0.29) is 28.5 Å². The van der Waals surface area contributed by atoms with Crippen LogP contribution in [-0.2, 0) is 0 Å². The minimum atomic E-state index is -1.04. The lowest BCUT2D eigenvalue weighted by Crippen LogP contribution is -2.30. The predicted molar refractivity (Wildman–Crippen MR) is 76.0 cm³/mol. The molecule has 1 aromatic rings. The number of carbonyl (C=O) groups is 2. The maximum Gasteiger partial charge on any atom is 0.352 e. The molecule has 0 radical (unpaired) electrons. The van der Waals surface area contributed by atoms with Crippen LogP contribution >= 0.6 is 0 Å². The topological polar surface area (TPSA) is 82.2 Å². The fraction of sp³-hybridized carbons (Fsp3) is 0.600. The third kappa shape index (κ3) is 1.84. The Morgan fingerprint density at radius 3 is 2.00 bits per heavy atom. The summed E-state index contributed by atoms with van der Waals surface area (Å²) in [6.07, 6.45) is 0. The first-order valence-corrected chi connectivity index (χ1v) is 6.75. The fourth-order valence-electron chi connectivity index (χ4n) is 3.06. The quantitative estimate of drug-likeness (QED) is 0.794. The normalized spacial score (nSPS) is 19.7. The van der Waals surface area contributed by atoms with Gasteiger partial charge in [0.2, 0.25) is 0 Å². The van der Waals surface area contributed by atoms with Gasteiger partial charge in [0.1, 0.15) is 5.69 Å². The molecule has 1 fully saturated rings. The number of aryl methyl sites for hydroxylation is 1. The summed E-state index contributed by atoms with van der Waals surface area (Å²) in [5.74, 6) is -1.25. The van der Waals surface area contributed by atoms with Crippen molar-refractivity contribution in [1.29, 1.82) is 0 Å². The van der Waals surface area contributed by atoms with Crippen LogP contribution in [0.15, 0.2) is 0 Å². The molecule has 20 heavy (non-hydrogen) atoms. The molecule has 0 spiro atoms. The Labute approximate surface area is 118 Å². The van der Waals surface area contributed by atoms with E-state index in [0.717, 1.165) is 0 Å². The van der Waals surface area contributed by atoms with Crippen molar-refractivity contribution in [3.05, 3.63) is 22.5 Å². The van der Waals surface area contributed by atoms with Crippen molar-refractivity contribution in [2.45, 2.75) is 47.6 Å². The van der Waals surface area contributed by atoms with Crippen LogP contribution in [0, 0.1) is 24.7 Å². The van der Waals surface area contributed by atoms with Crippen molar-refractivity contribution in [2.24, 2.45) is 10.8 Å². The van der Waals surface area contributed by atoms with Crippen molar-refractivity contribution >= 4 is 11.9 Å². The predicted octanol–water partition coefficient (Wildman–Crippen LogP) is 2.49. The van der Waals surface area contributed by atoms with E-state index in [2.05, 4.69) is 38.0 Å². The van der Waals surface area contributed by atoms with Gasteiger partial charge < -0.3 is 15.4 Å². The minimum Gasteiger partial charge on any atom is -0.477 e. The van der Waals surface area contributed by atoms with Crippen molar-refractivity contribution in [2.75, 3.05) is 0 Å². The van der Waals surface area contributed by atoms with Gasteiger partial charge in [0, 0.05) is 11.7 Å². The molecule has 110 valence electrons. The summed E-state index contributed by atoms with van der Waals surface area (Å²) in [6.45, 7) is 11.9. The Kier molecular flexibility index (Phi) is 3.00. The van der Waals surface area contributed by atoms with E-state index in [1.165, 1.54) is 0 Å². The van der Waals surface area contributed by atoms with E-state index < -0.39 is 5.97 Å². The fourth-order valence-corrected chi connectivity index (χ4v) is 3.06. The number of aromatic carboxylic acids is 1. The van der Waals surface area contributed by atoms with Gasteiger partial charge in [-0.2, -0.15) is 0 Å². The number of aromatic nitrogens is 1. The van der Waals surface area contributed by atoms with Gasteiger partial charge in [-0.25, -0.2) is 4.79 Å². The highest BCUT2D eigenvalue weighted by atomic mass is 16.4. The third-order valence-electron chi connectivity index (χ3n) is 5.17. The molecule has 1 amide bonds. The van der Waals surface area contributed by atoms with Crippen LogP contribution in [0.3, 0.4) is 0 Å². The number of carboxylic acids is 1. The second kappa shape index (κ2) is 4.11. The first-order valence-electron chi connectivity index (χ1n) is 6.75. The van der Waals surface area contributed by atoms with Crippen LogP contribution in [0.4, 0.5) is 0 Å². The molecule has 3 N–H and O–H groups in total. The number of carbonyl (C=O) groups excluding carboxylic acids is 1. The molecular weight excluding hydrogens is 256 g/mol. The Bertz CT molecular complexity index is 583. The SMILES string of the molecule is Cc1[nH]c(C(=O)O)c(C)c1C(=O)NC1C(C)(C)C1(C)C. The van der Waals surface area contributed by atoms with Gasteiger partial charge in [0.25, 0.3) is 5.91 Å². The second-order valence-electron chi connectivity index (χ2n) is 6.78. The Hall–Kier alpha value is -1.78. The third-order valence-corrected chi connectivity index (χ3v) is 5.17. The Balaban J connectivity index is 2.26. The number of amides is 1. The molecule has 0 aromatic carbocycles. The van der Waals surface area contributed by atoms with E-state index in [1.54, 1.807) is 13.8 Å². The zero-order chi connectivity index (χ0) is 15.5. The second-order valence-corrected chi connectivity index (χ2v) is 6.78. The number of aromatic amines is 1. The molecule has 1 heterocycles. The lowest BCUT2D eigenvalue weighted by Gasteiger charge is -2.07. The van der Waals surface area contributed by atoms with Gasteiger partial charge in [-0.15, -0.1) is 0 Å². The highest BCUT2D eigenvalue weighted by Crippen LogP contribution is 2.62. The molecule has 5 nitrogen and oxygen atoms in total. The summed E-state index contributed by atoms with van der Waals surface area (Å²) in [7, 11) is 0. The van der Waals surface area contributed by atoms with Gasteiger partial charge in [0.05, 0.1) is 5.56 Å². The van der Waals surface area contributed by atoms with Crippen LogP contribution < -0.4 is 5.32 Å². The van der Waals surface area contributed by atoms with Crippen LogP contribution in [0.2, 0.25) is 0 Å². The molecule has 2 rings (SSSR count). The maximum atomic E-state index is 12.4. The average molecular weight is 278 g/mol. The van der Waals surface area contributed by atoms with Gasteiger partial charge in [-0.1, -0.05) is 27.7 Å². The molecule has 0 saturated heterocycles. The molecular formula is C15H22N2O3. The maximum absolute atomic E-state index is 12.4. The van der Waals surface area contributed by atoms with Crippen molar-refractivity contribution < 1.29 is 14.7 Å². The number of nitrogens with one attached hydrogen (secondary N) is 2. The van der Waals surface area contributed by atoms with E-state index in [0.29, 0.717) is 16.8 Å². The molecule has 0 aliphatic heterocycles. The molecule has 0 atom stereocenters. The lowest BCUT2D eigenvalue weighted by molar-refractivity contribution is 0.0690. The Morgan fingerprint density at radius 2 is 1.65 bits per heavy atom. The molecule has 0 unspecified atom stereocenters. The first-order chi connectivity index (χ1) is 9.01. The summed E-state index contributed by atoms with van der Waals surface area (Å²) in [5, 5.41) is 12.1. The smallest absolute Gasteiger partial charge is 0.352 e. The molecule has 1 aromatic heterocycles. The van der Waals surface area contributed by atoms with E-state index in [1.807, 2.05) is 0 Å². The van der Waals surface area contributed by atoms with Gasteiger partial charge in [-0.05, 0) is 30.2 Å². The van der Waals surface area contributed by atoms with E-state index in [9.17, 15) is 9.59 Å². The monoisotopic (exact) mass is 278 g/mol. The minimum absolute atomic E-state index is 0.0520. The molecule has 0 bridgehead atoms. The van der Waals surface area contributed by atoms with Gasteiger partial charge >= 0.3 is 5.97 Å². The highest BCUT2D eigenvalue weighted by molar-refractivity contribution is 6.01. The van der Waals surface area contributed by atoms with Crippen molar-refractivity contribution in [3.63, 3.8) is 0 Å². The molecule has 1 saturated carbocycles. The summed E-state index contributed by atoms with van der Waals surface area (Å²) in [5.41, 5.74) is 1.72. The molecule has 5 heteroatoms. The summed E-state index contributed by atoms with van der Waals surface area (Å²) in [6, 6.07) is 0.101. The summed E-state index contributed by atoms with van der Waals surface area (Å²) < 4.78 is 0. The van der Waals surface area contributed by atoms with Gasteiger partial charge in [0.15, 0.2) is 0 Å². The molecule has 1 aliphatic rings. The van der Waals surface area contributed by atoms with Crippen LogP contribution in [0.5, 0.6) is 0 Å². The summed E-state index contributed by atoms with van der Waals surface area (Å²) in [4.78, 5) is 26.3. The zero-order valence-corrected chi connectivity index (χ0v) is 12.8. The number of rotatable bonds is 3. The lowest BCUT2D eigenvalue weighted by atomic mass is 10.0. The zero-order valence-electron chi connectivity index (χ0n) is 12.8. The van der Waals surface area contributed by atoms with Gasteiger partial charge in [-0.3, -0.25) is 4.79 Å². The number of hydrogen-bond acceptors (Lipinski definition) is 2.